The van der Waals surface area contributed by atoms with Gasteiger partial charge in [0, 0.05) is 31.0 Å². The third-order valence-electron chi connectivity index (χ3n) is 4.24. The average Bonchev–Trinajstić information content (AvgIpc) is 2.60. The van der Waals surface area contributed by atoms with Crippen molar-refractivity contribution in [2.24, 2.45) is 0 Å². The van der Waals surface area contributed by atoms with Crippen molar-refractivity contribution in [1.29, 1.82) is 0 Å². The van der Waals surface area contributed by atoms with Gasteiger partial charge in [-0.3, -0.25) is 14.4 Å². The number of hydrogen-bond acceptors (Lipinski definition) is 4. The van der Waals surface area contributed by atoms with Crippen LogP contribution in [0.15, 0.2) is 24.3 Å². The second kappa shape index (κ2) is 10.6. The fraction of sp³-hybridized carbons (Fsp3) is 0.550. The van der Waals surface area contributed by atoms with Crippen LogP contribution < -0.4 is 0 Å². The van der Waals surface area contributed by atoms with Gasteiger partial charge in [0.15, 0.2) is 5.78 Å². The molecule has 0 N–H and O–H groups in total. The van der Waals surface area contributed by atoms with Gasteiger partial charge >= 0.3 is 5.97 Å². The van der Waals surface area contributed by atoms with Crippen LogP contribution in [-0.2, 0) is 14.3 Å². The molecule has 0 spiro atoms. The summed E-state index contributed by atoms with van der Waals surface area (Å²) in [7, 11) is 0. The van der Waals surface area contributed by atoms with Crippen LogP contribution in [0, 0.1) is 6.92 Å². The Hall–Kier alpha value is -2.17. The predicted octanol–water partition coefficient (Wildman–Crippen LogP) is 3.54. The Balaban J connectivity index is 2.60. The van der Waals surface area contributed by atoms with Crippen LogP contribution in [0.5, 0.6) is 0 Å². The summed E-state index contributed by atoms with van der Waals surface area (Å²) in [5, 5.41) is 0. The fourth-order valence-corrected chi connectivity index (χ4v) is 2.50. The molecule has 1 aromatic rings. The number of ketones is 1. The van der Waals surface area contributed by atoms with Crippen LogP contribution in [0.25, 0.3) is 0 Å². The van der Waals surface area contributed by atoms with Gasteiger partial charge in [-0.15, -0.1) is 0 Å². The summed E-state index contributed by atoms with van der Waals surface area (Å²) in [6.45, 7) is 8.32. The summed E-state index contributed by atoms with van der Waals surface area (Å²) in [6, 6.07) is 7.38. The molecular weight excluding hydrogens is 318 g/mol. The highest BCUT2D eigenvalue weighted by atomic mass is 16.5. The molecule has 138 valence electrons. The van der Waals surface area contributed by atoms with E-state index in [0.717, 1.165) is 12.0 Å². The summed E-state index contributed by atoms with van der Waals surface area (Å²) in [4.78, 5) is 38.0. The van der Waals surface area contributed by atoms with Crippen molar-refractivity contribution in [3.05, 3.63) is 35.4 Å². The molecule has 1 rings (SSSR count). The largest absolute Gasteiger partial charge is 0.466 e. The van der Waals surface area contributed by atoms with E-state index >= 15 is 0 Å². The van der Waals surface area contributed by atoms with Crippen molar-refractivity contribution in [1.82, 2.24) is 4.90 Å². The molecule has 5 nitrogen and oxygen atoms in total. The van der Waals surface area contributed by atoms with Crippen molar-refractivity contribution in [3.8, 4) is 0 Å². The summed E-state index contributed by atoms with van der Waals surface area (Å²) in [5.41, 5.74) is 1.72. The molecule has 5 heteroatoms. The smallest absolute Gasteiger partial charge is 0.307 e. The molecule has 0 aliphatic carbocycles. The number of carbonyl (C=O) groups is 3. The molecule has 1 amide bonds. The Kier molecular flexibility index (Phi) is 8.89. The zero-order valence-electron chi connectivity index (χ0n) is 15.7. The van der Waals surface area contributed by atoms with Gasteiger partial charge in [-0.1, -0.05) is 36.8 Å². The molecule has 0 aliphatic heterocycles. The molecule has 0 saturated carbocycles. The molecule has 0 heterocycles. The number of esters is 1. The minimum atomic E-state index is -0.306. The highest BCUT2D eigenvalue weighted by Crippen LogP contribution is 2.12. The van der Waals surface area contributed by atoms with Crippen LogP contribution in [0.1, 0.15) is 62.4 Å². The highest BCUT2D eigenvalue weighted by Gasteiger charge is 2.21. The van der Waals surface area contributed by atoms with E-state index in [0.29, 0.717) is 18.7 Å². The molecule has 0 aliphatic rings. The zero-order chi connectivity index (χ0) is 18.8. The lowest BCUT2D eigenvalue weighted by Crippen LogP contribution is -2.40. The third-order valence-corrected chi connectivity index (χ3v) is 4.24. The first-order valence-corrected chi connectivity index (χ1v) is 8.94. The van der Waals surface area contributed by atoms with Crippen molar-refractivity contribution in [2.45, 2.75) is 59.4 Å². The van der Waals surface area contributed by atoms with Crippen molar-refractivity contribution in [2.75, 3.05) is 13.2 Å². The Morgan fingerprint density at radius 3 is 2.24 bits per heavy atom. The number of Topliss-reactive ketones (excluding diaryl/α,β-unsaturated/α-hetero) is 1. The van der Waals surface area contributed by atoms with E-state index in [-0.39, 0.29) is 43.0 Å². The summed E-state index contributed by atoms with van der Waals surface area (Å²) < 4.78 is 4.92. The first-order chi connectivity index (χ1) is 11.9. The van der Waals surface area contributed by atoms with E-state index in [1.165, 1.54) is 0 Å². The van der Waals surface area contributed by atoms with Gasteiger partial charge in [-0.25, -0.2) is 0 Å². The number of benzene rings is 1. The van der Waals surface area contributed by atoms with E-state index in [4.69, 9.17) is 4.74 Å². The molecular formula is C20H29NO4. The molecule has 1 atom stereocenters. The lowest BCUT2D eigenvalue weighted by molar-refractivity contribution is -0.144. The average molecular weight is 347 g/mol. The third kappa shape index (κ3) is 7.08. The SMILES string of the molecule is CCOC(=O)CCN(C(=O)CCC(=O)c1ccc(C)cc1)C(C)CC. The van der Waals surface area contributed by atoms with Crippen LogP contribution >= 0.6 is 0 Å². The maximum Gasteiger partial charge on any atom is 0.307 e. The van der Waals surface area contributed by atoms with E-state index in [9.17, 15) is 14.4 Å². The number of rotatable bonds is 10. The van der Waals surface area contributed by atoms with Crippen molar-refractivity contribution < 1.29 is 19.1 Å². The van der Waals surface area contributed by atoms with E-state index in [1.54, 1.807) is 24.0 Å². The van der Waals surface area contributed by atoms with Gasteiger partial charge in [0.05, 0.1) is 13.0 Å². The van der Waals surface area contributed by atoms with Gasteiger partial charge in [0.2, 0.25) is 5.91 Å². The number of carbonyl (C=O) groups excluding carboxylic acids is 3. The predicted molar refractivity (Wildman–Crippen MR) is 97.5 cm³/mol. The molecule has 1 aromatic carbocycles. The van der Waals surface area contributed by atoms with Crippen LogP contribution in [0.3, 0.4) is 0 Å². The maximum absolute atomic E-state index is 12.5. The molecule has 0 fully saturated rings. The van der Waals surface area contributed by atoms with Crippen molar-refractivity contribution in [3.63, 3.8) is 0 Å². The van der Waals surface area contributed by atoms with E-state index in [1.807, 2.05) is 32.9 Å². The molecule has 25 heavy (non-hydrogen) atoms. The van der Waals surface area contributed by atoms with Crippen LogP contribution in [0.2, 0.25) is 0 Å². The minimum absolute atomic E-state index is 0.0244. The minimum Gasteiger partial charge on any atom is -0.466 e. The number of aryl methyl sites for hydroxylation is 1. The standard InChI is InChI=1S/C20H29NO4/c1-5-16(4)21(14-13-20(24)25-6-2)19(23)12-11-18(22)17-9-7-15(3)8-10-17/h7-10,16H,5-6,11-14H2,1-4H3. The zero-order valence-corrected chi connectivity index (χ0v) is 15.7. The Morgan fingerprint density at radius 2 is 1.68 bits per heavy atom. The summed E-state index contributed by atoms with van der Waals surface area (Å²) >= 11 is 0. The molecule has 1 unspecified atom stereocenters. The molecule has 0 radical (unpaired) electrons. The molecule has 0 aromatic heterocycles. The lowest BCUT2D eigenvalue weighted by Gasteiger charge is -2.28. The van der Waals surface area contributed by atoms with Crippen molar-refractivity contribution >= 4 is 17.7 Å². The number of ether oxygens (including phenoxy) is 1. The molecule has 0 saturated heterocycles. The van der Waals surface area contributed by atoms with Crippen LogP contribution in [0.4, 0.5) is 0 Å². The van der Waals surface area contributed by atoms with E-state index in [2.05, 4.69) is 0 Å². The fourth-order valence-electron chi connectivity index (χ4n) is 2.50. The van der Waals surface area contributed by atoms with Gasteiger partial charge < -0.3 is 9.64 Å². The first-order valence-electron chi connectivity index (χ1n) is 8.94. The van der Waals surface area contributed by atoms with Gasteiger partial charge in [-0.2, -0.15) is 0 Å². The Bertz CT molecular complexity index is 580. The first kappa shape index (κ1) is 20.9. The molecule has 0 bridgehead atoms. The summed E-state index contributed by atoms with van der Waals surface area (Å²) in [6.07, 6.45) is 1.30. The quantitative estimate of drug-likeness (QED) is 0.480. The number of nitrogens with zero attached hydrogens (tertiary/aromatic N) is 1. The van der Waals surface area contributed by atoms with Gasteiger partial charge in [0.25, 0.3) is 0 Å². The summed E-state index contributed by atoms with van der Waals surface area (Å²) in [5.74, 6) is -0.443. The second-order valence-electron chi connectivity index (χ2n) is 6.19. The number of hydrogen-bond donors (Lipinski definition) is 0. The Labute approximate surface area is 150 Å². The van der Waals surface area contributed by atoms with Crippen LogP contribution in [-0.4, -0.2) is 41.8 Å². The maximum atomic E-state index is 12.5. The highest BCUT2D eigenvalue weighted by molar-refractivity contribution is 5.98. The topological polar surface area (TPSA) is 63.7 Å². The lowest BCUT2D eigenvalue weighted by atomic mass is 10.0. The normalized spacial score (nSPS) is 11.7. The second-order valence-corrected chi connectivity index (χ2v) is 6.19. The number of amides is 1. The Morgan fingerprint density at radius 1 is 1.04 bits per heavy atom. The monoisotopic (exact) mass is 347 g/mol. The van der Waals surface area contributed by atoms with Gasteiger partial charge in [0.1, 0.15) is 0 Å². The van der Waals surface area contributed by atoms with Gasteiger partial charge in [-0.05, 0) is 27.2 Å². The van der Waals surface area contributed by atoms with E-state index < -0.39 is 0 Å².